The third kappa shape index (κ3) is 5.10. The number of nitrogens with zero attached hydrogens (tertiary/aromatic N) is 4. The lowest BCUT2D eigenvalue weighted by molar-refractivity contribution is -0.113. The van der Waals surface area contributed by atoms with E-state index in [9.17, 15) is 4.79 Å². The average Bonchev–Trinajstić information content (AvgIpc) is 3.34. The molecule has 0 radical (unpaired) electrons. The Kier molecular flexibility index (Phi) is 6.62. The van der Waals surface area contributed by atoms with Gasteiger partial charge in [-0.1, -0.05) is 64.8 Å². The summed E-state index contributed by atoms with van der Waals surface area (Å²) in [6.07, 6.45) is 0. The molecule has 10 heteroatoms. The van der Waals surface area contributed by atoms with E-state index in [1.807, 2.05) is 48.2 Å². The molecule has 0 aliphatic rings. The maximum atomic E-state index is 12.4. The molecule has 0 bridgehead atoms. The maximum Gasteiger partial charge on any atom is 0.236 e. The second-order valence-electron chi connectivity index (χ2n) is 6.73. The number of hydrogen-bond acceptors (Lipinski definition) is 6. The number of aryl methyl sites for hydroxylation is 1. The highest BCUT2D eigenvalue weighted by Crippen LogP contribution is 2.32. The molecule has 31 heavy (non-hydrogen) atoms. The fraction of sp³-hybridized carbons (Fsp3) is 0.143. The molecule has 1 amide bonds. The SMILES string of the molecule is Cc1ccc(-c2nnc(SCC(=O)Nc3nc(-c4ccc(Cl)cc4Cl)cs3)n2C)cc1. The van der Waals surface area contributed by atoms with Crippen molar-refractivity contribution in [3.63, 3.8) is 0 Å². The van der Waals surface area contributed by atoms with Gasteiger partial charge in [0.1, 0.15) is 0 Å². The fourth-order valence-electron chi connectivity index (χ4n) is 2.83. The molecule has 0 spiro atoms. The van der Waals surface area contributed by atoms with Gasteiger partial charge in [0.15, 0.2) is 16.1 Å². The highest BCUT2D eigenvalue weighted by atomic mass is 35.5. The van der Waals surface area contributed by atoms with Gasteiger partial charge in [0.2, 0.25) is 5.91 Å². The first-order valence-electron chi connectivity index (χ1n) is 9.21. The van der Waals surface area contributed by atoms with Crippen molar-refractivity contribution < 1.29 is 4.79 Å². The van der Waals surface area contributed by atoms with Gasteiger partial charge in [0.25, 0.3) is 0 Å². The van der Waals surface area contributed by atoms with Crippen LogP contribution in [0.15, 0.2) is 53.0 Å². The summed E-state index contributed by atoms with van der Waals surface area (Å²) in [6, 6.07) is 13.3. The Hall–Kier alpha value is -2.39. The zero-order valence-corrected chi connectivity index (χ0v) is 19.7. The first kappa shape index (κ1) is 21.8. The third-order valence-corrected chi connectivity index (χ3v) is 6.76. The monoisotopic (exact) mass is 489 g/mol. The van der Waals surface area contributed by atoms with Gasteiger partial charge in [-0.3, -0.25) is 4.79 Å². The topological polar surface area (TPSA) is 72.7 Å². The molecule has 0 aliphatic heterocycles. The Morgan fingerprint density at radius 1 is 1.16 bits per heavy atom. The zero-order chi connectivity index (χ0) is 22.0. The van der Waals surface area contributed by atoms with Gasteiger partial charge in [-0.05, 0) is 25.1 Å². The summed E-state index contributed by atoms with van der Waals surface area (Å²) >= 11 is 14.8. The first-order valence-corrected chi connectivity index (χ1v) is 11.8. The molecular formula is C21H17Cl2N5OS2. The van der Waals surface area contributed by atoms with E-state index in [0.717, 1.165) is 17.0 Å². The summed E-state index contributed by atoms with van der Waals surface area (Å²) < 4.78 is 1.88. The van der Waals surface area contributed by atoms with Crippen LogP contribution in [0.1, 0.15) is 5.56 Å². The number of thiazole rings is 1. The number of nitrogens with one attached hydrogen (secondary N) is 1. The van der Waals surface area contributed by atoms with E-state index in [0.29, 0.717) is 26.0 Å². The molecule has 158 valence electrons. The van der Waals surface area contributed by atoms with E-state index >= 15 is 0 Å². The minimum absolute atomic E-state index is 0.173. The van der Waals surface area contributed by atoms with E-state index in [1.54, 1.807) is 18.2 Å². The molecule has 4 aromatic rings. The van der Waals surface area contributed by atoms with Gasteiger partial charge >= 0.3 is 0 Å². The van der Waals surface area contributed by atoms with Crippen LogP contribution in [0, 0.1) is 6.92 Å². The lowest BCUT2D eigenvalue weighted by atomic mass is 10.1. The minimum atomic E-state index is -0.173. The van der Waals surface area contributed by atoms with E-state index in [1.165, 1.54) is 28.7 Å². The van der Waals surface area contributed by atoms with Crippen LogP contribution in [0.3, 0.4) is 0 Å². The van der Waals surface area contributed by atoms with E-state index < -0.39 is 0 Å². The largest absolute Gasteiger partial charge is 0.305 e. The number of aromatic nitrogens is 4. The summed E-state index contributed by atoms with van der Waals surface area (Å²) in [5, 5.41) is 15.4. The van der Waals surface area contributed by atoms with Crippen molar-refractivity contribution in [2.75, 3.05) is 11.1 Å². The predicted molar refractivity (Wildman–Crippen MR) is 128 cm³/mol. The minimum Gasteiger partial charge on any atom is -0.305 e. The molecule has 0 saturated heterocycles. The van der Waals surface area contributed by atoms with Crippen LogP contribution < -0.4 is 5.32 Å². The van der Waals surface area contributed by atoms with Crippen LogP contribution in [-0.2, 0) is 11.8 Å². The first-order chi connectivity index (χ1) is 14.9. The van der Waals surface area contributed by atoms with Crippen molar-refractivity contribution in [1.82, 2.24) is 19.7 Å². The van der Waals surface area contributed by atoms with Crippen molar-refractivity contribution in [1.29, 1.82) is 0 Å². The fourth-order valence-corrected chi connectivity index (χ4v) is 4.78. The lowest BCUT2D eigenvalue weighted by Gasteiger charge is -2.04. The van der Waals surface area contributed by atoms with Gasteiger partial charge < -0.3 is 9.88 Å². The second kappa shape index (κ2) is 9.40. The Morgan fingerprint density at radius 2 is 1.94 bits per heavy atom. The van der Waals surface area contributed by atoms with Crippen molar-refractivity contribution in [2.45, 2.75) is 12.1 Å². The molecule has 4 rings (SSSR count). The van der Waals surface area contributed by atoms with Crippen LogP contribution in [-0.4, -0.2) is 31.4 Å². The highest BCUT2D eigenvalue weighted by Gasteiger charge is 2.15. The quantitative estimate of drug-likeness (QED) is 0.338. The predicted octanol–water partition coefficient (Wildman–Crippen LogP) is 5.95. The molecule has 0 atom stereocenters. The molecule has 0 fully saturated rings. The van der Waals surface area contributed by atoms with Crippen LogP contribution in [0.5, 0.6) is 0 Å². The number of rotatable bonds is 6. The summed E-state index contributed by atoms with van der Waals surface area (Å²) in [4.78, 5) is 16.9. The smallest absolute Gasteiger partial charge is 0.236 e. The number of halogens is 2. The van der Waals surface area contributed by atoms with Crippen molar-refractivity contribution in [3.8, 4) is 22.6 Å². The standard InChI is InChI=1S/C21H17Cl2N5OS2/c1-12-3-5-13(6-4-12)19-26-27-21(28(19)2)31-11-18(29)25-20-24-17(10-30-20)15-8-7-14(22)9-16(15)23/h3-10H,11H2,1-2H3,(H,24,25,29). The molecule has 2 aromatic carbocycles. The van der Waals surface area contributed by atoms with Crippen LogP contribution in [0.4, 0.5) is 5.13 Å². The Labute approximate surface area is 197 Å². The van der Waals surface area contributed by atoms with Crippen LogP contribution in [0.25, 0.3) is 22.6 Å². The summed E-state index contributed by atoms with van der Waals surface area (Å²) in [5.41, 5.74) is 3.61. The number of thioether (sulfide) groups is 1. The maximum absolute atomic E-state index is 12.4. The molecule has 0 saturated carbocycles. The third-order valence-electron chi connectivity index (χ3n) is 4.43. The van der Waals surface area contributed by atoms with E-state index in [2.05, 4.69) is 20.5 Å². The molecule has 1 N–H and O–H groups in total. The van der Waals surface area contributed by atoms with Gasteiger partial charge in [0.05, 0.1) is 16.5 Å². The van der Waals surface area contributed by atoms with E-state index in [4.69, 9.17) is 23.2 Å². The van der Waals surface area contributed by atoms with Gasteiger partial charge in [-0.25, -0.2) is 4.98 Å². The van der Waals surface area contributed by atoms with Gasteiger partial charge in [0, 0.05) is 28.6 Å². The number of carbonyl (C=O) groups is 1. The Bertz CT molecular complexity index is 1240. The molecule has 6 nitrogen and oxygen atoms in total. The molecule has 2 heterocycles. The van der Waals surface area contributed by atoms with Crippen molar-refractivity contribution in [3.05, 3.63) is 63.5 Å². The van der Waals surface area contributed by atoms with E-state index in [-0.39, 0.29) is 11.7 Å². The number of carbonyl (C=O) groups excluding carboxylic acids is 1. The van der Waals surface area contributed by atoms with Gasteiger partial charge in [-0.2, -0.15) is 0 Å². The average molecular weight is 490 g/mol. The van der Waals surface area contributed by atoms with Crippen LogP contribution >= 0.6 is 46.3 Å². The molecule has 2 aromatic heterocycles. The molecule has 0 unspecified atom stereocenters. The molecule has 0 aliphatic carbocycles. The number of benzene rings is 2. The highest BCUT2D eigenvalue weighted by molar-refractivity contribution is 7.99. The Balaban J connectivity index is 1.38. The number of amides is 1. The zero-order valence-electron chi connectivity index (χ0n) is 16.6. The number of hydrogen-bond donors (Lipinski definition) is 1. The number of anilines is 1. The Morgan fingerprint density at radius 3 is 2.68 bits per heavy atom. The van der Waals surface area contributed by atoms with Crippen molar-refractivity contribution in [2.24, 2.45) is 7.05 Å². The lowest BCUT2D eigenvalue weighted by Crippen LogP contribution is -2.14. The second-order valence-corrected chi connectivity index (χ2v) is 9.37. The summed E-state index contributed by atoms with van der Waals surface area (Å²) in [6.45, 7) is 2.04. The van der Waals surface area contributed by atoms with Crippen LogP contribution in [0.2, 0.25) is 10.0 Å². The molecular weight excluding hydrogens is 473 g/mol. The van der Waals surface area contributed by atoms with Gasteiger partial charge in [-0.15, -0.1) is 21.5 Å². The summed E-state index contributed by atoms with van der Waals surface area (Å²) in [7, 11) is 1.89. The normalized spacial score (nSPS) is 11.0. The van der Waals surface area contributed by atoms with Crippen molar-refractivity contribution >= 4 is 57.3 Å². The summed E-state index contributed by atoms with van der Waals surface area (Å²) in [5.74, 6) is 0.775.